The number of carbonyl (C=O) groups is 1. The predicted molar refractivity (Wildman–Crippen MR) is 146 cm³/mol. The molecule has 0 aliphatic heterocycles. The van der Waals surface area contributed by atoms with E-state index in [1.807, 2.05) is 18.2 Å². The van der Waals surface area contributed by atoms with Crippen molar-refractivity contribution in [2.45, 2.75) is 38.5 Å². The molecule has 0 aliphatic rings. The monoisotopic (exact) mass is 539 g/mol. The second-order valence-electron chi connectivity index (χ2n) is 8.08. The van der Waals surface area contributed by atoms with Crippen molar-refractivity contribution in [2.24, 2.45) is 0 Å². The zero-order chi connectivity index (χ0) is 24.7. The number of anilines is 1. The molecule has 0 bridgehead atoms. The van der Waals surface area contributed by atoms with Crippen LogP contribution in [0.4, 0.5) is 5.13 Å². The fourth-order valence-electron chi connectivity index (χ4n) is 3.58. The molecule has 35 heavy (non-hydrogen) atoms. The van der Waals surface area contributed by atoms with E-state index in [2.05, 4.69) is 30.7 Å². The lowest BCUT2D eigenvalue weighted by molar-refractivity contribution is 0.0983. The molecule has 0 radical (unpaired) electrons. The molecule has 7 nitrogen and oxygen atoms in total. The molecular weight excluding hydrogens is 506 g/mol. The number of rotatable bonds is 12. The molecular formula is C25H34ClN3O4S2. The number of benzene rings is 2. The summed E-state index contributed by atoms with van der Waals surface area (Å²) in [6.45, 7) is 9.81. The molecule has 0 saturated carbocycles. The van der Waals surface area contributed by atoms with Crippen molar-refractivity contribution in [3.8, 4) is 5.75 Å². The summed E-state index contributed by atoms with van der Waals surface area (Å²) in [7, 11) is -3.44. The summed E-state index contributed by atoms with van der Waals surface area (Å²) >= 11 is 1.33. The second kappa shape index (κ2) is 13.2. The highest BCUT2D eigenvalue weighted by molar-refractivity contribution is 7.91. The summed E-state index contributed by atoms with van der Waals surface area (Å²) in [6, 6.07) is 12.3. The number of unbranched alkanes of at least 4 members (excludes halogenated alkanes) is 1. The first-order valence-corrected chi connectivity index (χ1v) is 14.4. The van der Waals surface area contributed by atoms with E-state index in [-0.39, 0.29) is 23.2 Å². The van der Waals surface area contributed by atoms with Gasteiger partial charge in [-0.3, -0.25) is 9.69 Å². The predicted octanol–water partition coefficient (Wildman–Crippen LogP) is 5.29. The lowest BCUT2D eigenvalue weighted by atomic mass is 10.2. The molecule has 1 aromatic heterocycles. The molecule has 0 N–H and O–H groups in total. The smallest absolute Gasteiger partial charge is 0.260 e. The van der Waals surface area contributed by atoms with Crippen LogP contribution in [0.5, 0.6) is 5.75 Å². The van der Waals surface area contributed by atoms with Gasteiger partial charge in [-0.1, -0.05) is 44.6 Å². The Morgan fingerprint density at radius 1 is 1.03 bits per heavy atom. The highest BCUT2D eigenvalue weighted by atomic mass is 35.5. The van der Waals surface area contributed by atoms with Crippen LogP contribution in [0.25, 0.3) is 10.2 Å². The highest BCUT2D eigenvalue weighted by Gasteiger charge is 2.24. The standard InChI is InChI=1S/C25H33N3O4S2.ClH/c1-5-8-18-32-20-14-12-19(13-15-20)24(29)28(17-16-27(6-2)7-3)25-26-23-21(33-25)10-9-11-22(23)34(4,30)31;/h9-15H,5-8,16-18H2,1-4H3;1H. The molecule has 10 heteroatoms. The van der Waals surface area contributed by atoms with E-state index in [0.717, 1.165) is 36.4 Å². The third kappa shape index (κ3) is 7.39. The van der Waals surface area contributed by atoms with E-state index >= 15 is 0 Å². The van der Waals surface area contributed by atoms with Crippen LogP contribution in [0.15, 0.2) is 47.4 Å². The van der Waals surface area contributed by atoms with Gasteiger partial charge in [0.1, 0.15) is 11.3 Å². The number of likely N-dealkylation sites (N-methyl/N-ethyl adjacent to an activating group) is 1. The normalized spacial score (nSPS) is 11.5. The van der Waals surface area contributed by atoms with E-state index < -0.39 is 9.84 Å². The average Bonchev–Trinajstić information content (AvgIpc) is 3.25. The van der Waals surface area contributed by atoms with E-state index in [4.69, 9.17) is 4.74 Å². The first-order valence-electron chi connectivity index (χ1n) is 11.6. The number of halogens is 1. The van der Waals surface area contributed by atoms with Crippen molar-refractivity contribution in [1.82, 2.24) is 9.88 Å². The molecule has 3 aromatic rings. The Labute approximate surface area is 218 Å². The SMILES string of the molecule is CCCCOc1ccc(C(=O)N(CCN(CC)CC)c2nc3c(S(C)(=O)=O)cccc3s2)cc1.Cl. The van der Waals surface area contributed by atoms with Crippen molar-refractivity contribution in [1.29, 1.82) is 0 Å². The van der Waals surface area contributed by atoms with Gasteiger partial charge >= 0.3 is 0 Å². The van der Waals surface area contributed by atoms with Gasteiger partial charge in [0.05, 0.1) is 16.2 Å². The van der Waals surface area contributed by atoms with Gasteiger partial charge in [0.2, 0.25) is 0 Å². The molecule has 1 amide bonds. The maximum atomic E-state index is 13.6. The van der Waals surface area contributed by atoms with Crippen molar-refractivity contribution in [2.75, 3.05) is 43.9 Å². The van der Waals surface area contributed by atoms with Crippen LogP contribution >= 0.6 is 23.7 Å². The van der Waals surface area contributed by atoms with Crippen LogP contribution in [0, 0.1) is 0 Å². The highest BCUT2D eigenvalue weighted by Crippen LogP contribution is 2.33. The molecule has 0 unspecified atom stereocenters. The number of para-hydroxylation sites is 1. The van der Waals surface area contributed by atoms with E-state index in [1.165, 1.54) is 17.6 Å². The Bertz CT molecular complexity index is 1210. The van der Waals surface area contributed by atoms with Gasteiger partial charge in [-0.15, -0.1) is 12.4 Å². The van der Waals surface area contributed by atoms with Gasteiger partial charge in [0, 0.05) is 24.9 Å². The maximum Gasteiger partial charge on any atom is 0.260 e. The second-order valence-corrected chi connectivity index (χ2v) is 11.1. The van der Waals surface area contributed by atoms with Crippen LogP contribution in [0.1, 0.15) is 44.0 Å². The van der Waals surface area contributed by atoms with Gasteiger partial charge in [0.25, 0.3) is 5.91 Å². The van der Waals surface area contributed by atoms with Crippen molar-refractivity contribution < 1.29 is 17.9 Å². The fourth-order valence-corrected chi connectivity index (χ4v) is 5.49. The Kier molecular flexibility index (Phi) is 11.0. The fraction of sp³-hybridized carbons (Fsp3) is 0.440. The molecule has 192 valence electrons. The van der Waals surface area contributed by atoms with Crippen molar-refractivity contribution in [3.05, 3.63) is 48.0 Å². The summed E-state index contributed by atoms with van der Waals surface area (Å²) in [5.41, 5.74) is 0.940. The number of amides is 1. The van der Waals surface area contributed by atoms with Crippen LogP contribution in [0.2, 0.25) is 0 Å². The molecule has 2 aromatic carbocycles. The van der Waals surface area contributed by atoms with Gasteiger partial charge < -0.3 is 9.64 Å². The molecule has 0 aliphatic carbocycles. The molecule has 0 atom stereocenters. The largest absolute Gasteiger partial charge is 0.494 e. The number of hydrogen-bond donors (Lipinski definition) is 0. The Balaban J connectivity index is 0.00000432. The Morgan fingerprint density at radius 2 is 1.71 bits per heavy atom. The Morgan fingerprint density at radius 3 is 2.31 bits per heavy atom. The maximum absolute atomic E-state index is 13.6. The van der Waals surface area contributed by atoms with Crippen LogP contribution in [-0.2, 0) is 9.84 Å². The number of carbonyl (C=O) groups excluding carboxylic acids is 1. The number of sulfone groups is 1. The average molecular weight is 540 g/mol. The molecule has 3 rings (SSSR count). The van der Waals surface area contributed by atoms with E-state index in [9.17, 15) is 13.2 Å². The minimum absolute atomic E-state index is 0. The number of hydrogen-bond acceptors (Lipinski definition) is 7. The van der Waals surface area contributed by atoms with Crippen LogP contribution < -0.4 is 9.64 Å². The van der Waals surface area contributed by atoms with Crippen molar-refractivity contribution in [3.63, 3.8) is 0 Å². The molecule has 0 saturated heterocycles. The van der Waals surface area contributed by atoms with E-state index in [1.54, 1.807) is 29.2 Å². The summed E-state index contributed by atoms with van der Waals surface area (Å²) in [5.74, 6) is 0.560. The summed E-state index contributed by atoms with van der Waals surface area (Å²) in [4.78, 5) is 22.3. The minimum Gasteiger partial charge on any atom is -0.494 e. The summed E-state index contributed by atoms with van der Waals surface area (Å²) in [5, 5.41) is 0.492. The molecule has 0 spiro atoms. The third-order valence-corrected chi connectivity index (χ3v) is 7.82. The first-order chi connectivity index (χ1) is 16.3. The summed E-state index contributed by atoms with van der Waals surface area (Å²) in [6.07, 6.45) is 3.21. The van der Waals surface area contributed by atoms with Gasteiger partial charge in [-0.05, 0) is 55.9 Å². The number of nitrogens with zero attached hydrogens (tertiary/aromatic N) is 3. The number of ether oxygens (including phenoxy) is 1. The van der Waals surface area contributed by atoms with Gasteiger partial charge in [0.15, 0.2) is 15.0 Å². The number of thiazole rings is 1. The first kappa shape index (κ1) is 29.0. The quantitative estimate of drug-likeness (QED) is 0.291. The number of aromatic nitrogens is 1. The summed E-state index contributed by atoms with van der Waals surface area (Å²) < 4.78 is 31.0. The van der Waals surface area contributed by atoms with Gasteiger partial charge in [-0.2, -0.15) is 0 Å². The lowest BCUT2D eigenvalue weighted by Gasteiger charge is -2.24. The van der Waals surface area contributed by atoms with Crippen LogP contribution in [-0.4, -0.2) is 63.3 Å². The lowest BCUT2D eigenvalue weighted by Crippen LogP contribution is -2.38. The zero-order valence-electron chi connectivity index (χ0n) is 20.7. The van der Waals surface area contributed by atoms with Crippen LogP contribution in [0.3, 0.4) is 0 Å². The van der Waals surface area contributed by atoms with Crippen molar-refractivity contribution >= 4 is 54.8 Å². The third-order valence-electron chi connectivity index (χ3n) is 5.65. The molecule has 1 heterocycles. The number of fused-ring (bicyclic) bond motifs is 1. The Hall–Kier alpha value is -2.20. The topological polar surface area (TPSA) is 79.8 Å². The zero-order valence-corrected chi connectivity index (χ0v) is 23.1. The van der Waals surface area contributed by atoms with E-state index in [0.29, 0.717) is 35.9 Å². The minimum atomic E-state index is -3.44. The van der Waals surface area contributed by atoms with Gasteiger partial charge in [-0.25, -0.2) is 13.4 Å². The molecule has 0 fully saturated rings.